The topological polar surface area (TPSA) is 38.3 Å². The molecule has 88 valence electrons. The van der Waals surface area contributed by atoms with Crippen molar-refractivity contribution in [3.8, 4) is 0 Å². The highest BCUT2D eigenvalue weighted by Gasteiger charge is 2.11. The van der Waals surface area contributed by atoms with Crippen LogP contribution in [0.5, 0.6) is 0 Å². The van der Waals surface area contributed by atoms with Crippen LogP contribution in [0.1, 0.15) is 29.8 Å². The summed E-state index contributed by atoms with van der Waals surface area (Å²) in [6.45, 7) is 7.11. The lowest BCUT2D eigenvalue weighted by atomic mass is 10.1. The Balaban J connectivity index is 2.90. The zero-order valence-corrected chi connectivity index (χ0v) is 10.3. The Hall–Kier alpha value is -1.51. The van der Waals surface area contributed by atoms with Crippen LogP contribution in [0.25, 0.3) is 0 Å². The summed E-state index contributed by atoms with van der Waals surface area (Å²) in [6, 6.07) is 5.62. The Labute approximate surface area is 96.8 Å². The van der Waals surface area contributed by atoms with E-state index in [-0.39, 0.29) is 5.97 Å². The van der Waals surface area contributed by atoms with Crippen molar-refractivity contribution in [1.82, 2.24) is 0 Å². The number of ether oxygens (including phenoxy) is 1. The average Bonchev–Trinajstić information content (AvgIpc) is 2.26. The number of nitrogens with one attached hydrogen (secondary N) is 1. The number of benzene rings is 1. The molecular formula is C13H19NO2. The number of carbonyl (C=O) groups is 1. The maximum atomic E-state index is 11.5. The Bertz CT molecular complexity index is 372. The molecule has 16 heavy (non-hydrogen) atoms. The molecule has 0 heterocycles. The van der Waals surface area contributed by atoms with E-state index in [0.717, 1.165) is 17.8 Å². The van der Waals surface area contributed by atoms with E-state index in [1.54, 1.807) is 6.07 Å². The molecule has 0 aliphatic carbocycles. The minimum absolute atomic E-state index is 0.286. The van der Waals surface area contributed by atoms with Crippen LogP contribution in [0.15, 0.2) is 18.2 Å². The van der Waals surface area contributed by atoms with Gasteiger partial charge in [0.15, 0.2) is 0 Å². The number of carbonyl (C=O) groups excluding carboxylic acids is 1. The molecule has 0 aliphatic rings. The van der Waals surface area contributed by atoms with Crippen LogP contribution in [0.3, 0.4) is 0 Å². The van der Waals surface area contributed by atoms with Crippen LogP contribution in [0.2, 0.25) is 0 Å². The molecule has 1 N–H and O–H groups in total. The first kappa shape index (κ1) is 12.6. The summed E-state index contributed by atoms with van der Waals surface area (Å²) in [5.41, 5.74) is 2.56. The quantitative estimate of drug-likeness (QED) is 0.794. The van der Waals surface area contributed by atoms with Gasteiger partial charge in [0.1, 0.15) is 0 Å². The van der Waals surface area contributed by atoms with Gasteiger partial charge in [-0.05, 0) is 30.5 Å². The predicted octanol–water partition coefficient (Wildman–Crippen LogP) is 2.85. The van der Waals surface area contributed by atoms with Gasteiger partial charge in [-0.2, -0.15) is 0 Å². The maximum Gasteiger partial charge on any atom is 0.338 e. The zero-order valence-electron chi connectivity index (χ0n) is 10.3. The van der Waals surface area contributed by atoms with E-state index in [2.05, 4.69) is 19.2 Å². The van der Waals surface area contributed by atoms with Crippen LogP contribution < -0.4 is 5.32 Å². The molecule has 0 atom stereocenters. The van der Waals surface area contributed by atoms with Gasteiger partial charge in [0.2, 0.25) is 0 Å². The number of methoxy groups -OCH3 is 1. The smallest absolute Gasteiger partial charge is 0.338 e. The first-order valence-electron chi connectivity index (χ1n) is 5.48. The van der Waals surface area contributed by atoms with Gasteiger partial charge in [-0.3, -0.25) is 0 Å². The maximum absolute atomic E-state index is 11.5. The van der Waals surface area contributed by atoms with E-state index in [4.69, 9.17) is 4.74 Å². The van der Waals surface area contributed by atoms with Crippen LogP contribution in [0, 0.1) is 12.8 Å². The lowest BCUT2D eigenvalue weighted by molar-refractivity contribution is 0.0600. The van der Waals surface area contributed by atoms with Crippen molar-refractivity contribution >= 4 is 11.7 Å². The molecule has 1 aromatic carbocycles. The van der Waals surface area contributed by atoms with Crippen molar-refractivity contribution in [2.45, 2.75) is 20.8 Å². The van der Waals surface area contributed by atoms with Crippen molar-refractivity contribution in [1.29, 1.82) is 0 Å². The fourth-order valence-electron chi connectivity index (χ4n) is 1.47. The predicted molar refractivity (Wildman–Crippen MR) is 65.8 cm³/mol. The largest absolute Gasteiger partial charge is 0.465 e. The SMILES string of the molecule is COC(=O)c1cccc(NCC(C)C)c1C. The highest BCUT2D eigenvalue weighted by molar-refractivity contribution is 5.92. The molecule has 0 saturated carbocycles. The molecule has 1 rings (SSSR count). The number of rotatable bonds is 4. The molecule has 0 radical (unpaired) electrons. The van der Waals surface area contributed by atoms with Crippen LogP contribution in [-0.2, 0) is 4.74 Å². The molecule has 1 aromatic rings. The van der Waals surface area contributed by atoms with Crippen molar-refractivity contribution in [3.05, 3.63) is 29.3 Å². The zero-order chi connectivity index (χ0) is 12.1. The second-order valence-electron chi connectivity index (χ2n) is 4.24. The lowest BCUT2D eigenvalue weighted by Gasteiger charge is -2.13. The summed E-state index contributed by atoms with van der Waals surface area (Å²) in [7, 11) is 1.40. The van der Waals surface area contributed by atoms with E-state index in [9.17, 15) is 4.79 Å². The van der Waals surface area contributed by atoms with E-state index in [1.807, 2.05) is 19.1 Å². The van der Waals surface area contributed by atoms with Gasteiger partial charge in [-0.1, -0.05) is 19.9 Å². The third kappa shape index (κ3) is 2.99. The summed E-state index contributed by atoms with van der Waals surface area (Å²) in [5.74, 6) is 0.284. The fraction of sp³-hybridized carbons (Fsp3) is 0.462. The molecule has 0 aromatic heterocycles. The van der Waals surface area contributed by atoms with Crippen molar-refractivity contribution in [3.63, 3.8) is 0 Å². The minimum Gasteiger partial charge on any atom is -0.465 e. The van der Waals surface area contributed by atoms with Gasteiger partial charge in [0, 0.05) is 12.2 Å². The van der Waals surface area contributed by atoms with Crippen LogP contribution in [0.4, 0.5) is 5.69 Å². The molecule has 0 unspecified atom stereocenters. The van der Waals surface area contributed by atoms with Crippen LogP contribution >= 0.6 is 0 Å². The monoisotopic (exact) mass is 221 g/mol. The Morgan fingerprint density at radius 1 is 1.44 bits per heavy atom. The summed E-state index contributed by atoms with van der Waals surface area (Å²) in [4.78, 5) is 11.5. The van der Waals surface area contributed by atoms with E-state index < -0.39 is 0 Å². The summed E-state index contributed by atoms with van der Waals surface area (Å²) in [6.07, 6.45) is 0. The molecule has 0 saturated heterocycles. The molecule has 0 spiro atoms. The first-order valence-corrected chi connectivity index (χ1v) is 5.48. The van der Waals surface area contributed by atoms with Crippen LogP contribution in [-0.4, -0.2) is 19.6 Å². The molecule has 3 nitrogen and oxygen atoms in total. The number of hydrogen-bond acceptors (Lipinski definition) is 3. The normalized spacial score (nSPS) is 10.3. The highest BCUT2D eigenvalue weighted by atomic mass is 16.5. The van der Waals surface area contributed by atoms with Gasteiger partial charge in [-0.25, -0.2) is 4.79 Å². The lowest BCUT2D eigenvalue weighted by Crippen LogP contribution is -2.11. The molecule has 0 bridgehead atoms. The molecule has 0 amide bonds. The third-order valence-electron chi connectivity index (χ3n) is 2.44. The van der Waals surface area contributed by atoms with Gasteiger partial charge < -0.3 is 10.1 Å². The van der Waals surface area contributed by atoms with E-state index in [0.29, 0.717) is 11.5 Å². The standard InChI is InChI=1S/C13H19NO2/c1-9(2)8-14-12-7-5-6-11(10(12)3)13(15)16-4/h5-7,9,14H,8H2,1-4H3. The van der Waals surface area contributed by atoms with Gasteiger partial charge in [-0.15, -0.1) is 0 Å². The van der Waals surface area contributed by atoms with E-state index in [1.165, 1.54) is 7.11 Å². The third-order valence-corrected chi connectivity index (χ3v) is 2.44. The summed E-state index contributed by atoms with van der Waals surface area (Å²) >= 11 is 0. The fourth-order valence-corrected chi connectivity index (χ4v) is 1.47. The first-order chi connectivity index (χ1) is 7.56. The van der Waals surface area contributed by atoms with Crippen molar-refractivity contribution < 1.29 is 9.53 Å². The van der Waals surface area contributed by atoms with Crippen molar-refractivity contribution in [2.75, 3.05) is 19.0 Å². The second-order valence-corrected chi connectivity index (χ2v) is 4.24. The number of esters is 1. The Kier molecular flexibility index (Phi) is 4.35. The molecular weight excluding hydrogens is 202 g/mol. The molecule has 0 aliphatic heterocycles. The summed E-state index contributed by atoms with van der Waals surface area (Å²) < 4.78 is 4.73. The van der Waals surface area contributed by atoms with Gasteiger partial charge >= 0.3 is 5.97 Å². The van der Waals surface area contributed by atoms with Gasteiger partial charge in [0.05, 0.1) is 12.7 Å². The Morgan fingerprint density at radius 2 is 2.12 bits per heavy atom. The number of anilines is 1. The minimum atomic E-state index is -0.286. The number of hydrogen-bond donors (Lipinski definition) is 1. The highest BCUT2D eigenvalue weighted by Crippen LogP contribution is 2.19. The van der Waals surface area contributed by atoms with E-state index >= 15 is 0 Å². The van der Waals surface area contributed by atoms with Gasteiger partial charge in [0.25, 0.3) is 0 Å². The molecule has 0 fully saturated rings. The average molecular weight is 221 g/mol. The second kappa shape index (κ2) is 5.54. The van der Waals surface area contributed by atoms with Crippen molar-refractivity contribution in [2.24, 2.45) is 5.92 Å². The summed E-state index contributed by atoms with van der Waals surface area (Å²) in [5, 5.41) is 3.32. The molecule has 3 heteroatoms. The Morgan fingerprint density at radius 3 is 2.69 bits per heavy atom.